The maximum absolute atomic E-state index is 12.7. The van der Waals surface area contributed by atoms with Gasteiger partial charge in [-0.05, 0) is 54.0 Å². The van der Waals surface area contributed by atoms with E-state index in [1.807, 2.05) is 4.90 Å². The zero-order chi connectivity index (χ0) is 19.5. The second kappa shape index (κ2) is 8.17. The lowest BCUT2D eigenvalue weighted by Crippen LogP contribution is -2.35. The number of rotatable bonds is 5. The maximum Gasteiger partial charge on any atom is 0.347 e. The Balaban J connectivity index is 1.60. The van der Waals surface area contributed by atoms with Gasteiger partial charge in [-0.2, -0.15) is 5.10 Å². The first-order valence-electron chi connectivity index (χ1n) is 8.97. The highest BCUT2D eigenvalue weighted by molar-refractivity contribution is 14.1. The van der Waals surface area contributed by atoms with Gasteiger partial charge in [-0.3, -0.25) is 9.20 Å². The molecule has 1 amide bonds. The molecule has 146 valence electrons. The zero-order valence-electron chi connectivity index (χ0n) is 15.0. The third kappa shape index (κ3) is 3.81. The summed E-state index contributed by atoms with van der Waals surface area (Å²) in [5, 5.41) is 9.52. The average Bonchev–Trinajstić information content (AvgIpc) is 3.10. The summed E-state index contributed by atoms with van der Waals surface area (Å²) in [6, 6.07) is 5.19. The number of carbonyl (C=O) groups is 1. The first-order valence-corrected chi connectivity index (χ1v) is 10.5. The van der Waals surface area contributed by atoms with Gasteiger partial charge in [0.2, 0.25) is 0 Å². The summed E-state index contributed by atoms with van der Waals surface area (Å²) in [6.45, 7) is 1.56. The highest BCUT2D eigenvalue weighted by Gasteiger charge is 2.20. The van der Waals surface area contributed by atoms with Gasteiger partial charge in [-0.1, -0.05) is 0 Å². The summed E-state index contributed by atoms with van der Waals surface area (Å²) in [6.07, 6.45) is 6.43. The van der Waals surface area contributed by atoms with E-state index in [2.05, 4.69) is 43.1 Å². The molecule has 0 atom stereocenters. The number of fused-ring (bicyclic) bond motifs is 1. The molecule has 0 aromatic carbocycles. The van der Waals surface area contributed by atoms with Gasteiger partial charge in [-0.15, -0.1) is 0 Å². The Morgan fingerprint density at radius 3 is 2.89 bits per heavy atom. The molecule has 3 aromatic heterocycles. The van der Waals surface area contributed by atoms with Crippen molar-refractivity contribution in [1.82, 2.24) is 24.5 Å². The highest BCUT2D eigenvalue weighted by Crippen LogP contribution is 2.28. The van der Waals surface area contributed by atoms with Crippen LogP contribution in [0.4, 0.5) is 11.5 Å². The Morgan fingerprint density at radius 1 is 1.29 bits per heavy atom. The number of carbonyl (C=O) groups excluding carboxylic acids is 1. The van der Waals surface area contributed by atoms with E-state index in [0.29, 0.717) is 33.1 Å². The first-order chi connectivity index (χ1) is 13.7. The molecule has 1 aliphatic rings. The van der Waals surface area contributed by atoms with Crippen LogP contribution < -0.4 is 15.7 Å². The number of hydrogen-bond acceptors (Lipinski definition) is 6. The molecule has 2 N–H and O–H groups in total. The van der Waals surface area contributed by atoms with Crippen LogP contribution >= 0.6 is 22.6 Å². The summed E-state index contributed by atoms with van der Waals surface area (Å²) in [5.74, 6) is 0.972. The number of anilines is 2. The van der Waals surface area contributed by atoms with Crippen molar-refractivity contribution in [3.63, 3.8) is 0 Å². The van der Waals surface area contributed by atoms with Gasteiger partial charge < -0.3 is 15.0 Å². The van der Waals surface area contributed by atoms with E-state index in [9.17, 15) is 9.59 Å². The topological polar surface area (TPSA) is 105 Å². The molecule has 0 unspecified atom stereocenters. The normalized spacial score (nSPS) is 14.2. The van der Waals surface area contributed by atoms with Crippen LogP contribution in [0, 0.1) is 0 Å². The third-order valence-corrected chi connectivity index (χ3v) is 4.95. The van der Waals surface area contributed by atoms with Crippen LogP contribution in [0.2, 0.25) is 0 Å². The second-order valence-electron chi connectivity index (χ2n) is 6.47. The Labute approximate surface area is 174 Å². The minimum absolute atomic E-state index is 0.0191. The molecule has 0 radical (unpaired) electrons. The fourth-order valence-electron chi connectivity index (χ4n) is 3.22. The Hall–Kier alpha value is -2.63. The smallest absolute Gasteiger partial charge is 0.347 e. The van der Waals surface area contributed by atoms with Gasteiger partial charge in [0.15, 0.2) is 17.2 Å². The molecule has 4 rings (SSSR count). The average molecular weight is 494 g/mol. The number of amides is 1. The van der Waals surface area contributed by atoms with Crippen LogP contribution in [0.15, 0.2) is 35.4 Å². The van der Waals surface area contributed by atoms with E-state index in [4.69, 9.17) is 4.74 Å². The van der Waals surface area contributed by atoms with Crippen LogP contribution in [-0.4, -0.2) is 48.1 Å². The van der Waals surface area contributed by atoms with E-state index in [1.54, 1.807) is 30.6 Å². The van der Waals surface area contributed by atoms with Crippen molar-refractivity contribution >= 4 is 45.7 Å². The van der Waals surface area contributed by atoms with Crippen molar-refractivity contribution in [2.45, 2.75) is 19.3 Å². The number of alkyl halides is 1. The van der Waals surface area contributed by atoms with Gasteiger partial charge in [-0.25, -0.2) is 14.9 Å². The molecular weight excluding hydrogens is 475 g/mol. The molecule has 9 nitrogen and oxygen atoms in total. The van der Waals surface area contributed by atoms with Crippen molar-refractivity contribution in [3.8, 4) is 5.75 Å². The van der Waals surface area contributed by atoms with Gasteiger partial charge >= 0.3 is 5.69 Å². The number of H-pyrrole nitrogens is 1. The van der Waals surface area contributed by atoms with Gasteiger partial charge in [0.25, 0.3) is 5.91 Å². The molecule has 4 heterocycles. The molecule has 1 fully saturated rings. The summed E-state index contributed by atoms with van der Waals surface area (Å²) in [7, 11) is 0. The molecule has 10 heteroatoms. The lowest BCUT2D eigenvalue weighted by atomic mass is 10.1. The van der Waals surface area contributed by atoms with E-state index >= 15 is 0 Å². The number of piperidine rings is 1. The number of pyridine rings is 2. The van der Waals surface area contributed by atoms with Crippen LogP contribution in [0.1, 0.15) is 29.6 Å². The number of aromatic amines is 1. The van der Waals surface area contributed by atoms with Crippen molar-refractivity contribution in [2.24, 2.45) is 0 Å². The van der Waals surface area contributed by atoms with Crippen molar-refractivity contribution in [1.29, 1.82) is 0 Å². The van der Waals surface area contributed by atoms with Crippen LogP contribution in [0.5, 0.6) is 5.75 Å². The molecule has 0 bridgehead atoms. The van der Waals surface area contributed by atoms with E-state index in [1.165, 1.54) is 10.8 Å². The Kier molecular flexibility index (Phi) is 5.46. The number of nitrogens with zero attached hydrogens (tertiary/aromatic N) is 4. The lowest BCUT2D eigenvalue weighted by Gasteiger charge is -2.26. The summed E-state index contributed by atoms with van der Waals surface area (Å²) in [5.41, 5.74) is 1.41. The molecular formula is C18H19IN6O3. The Bertz CT molecular complexity index is 1060. The summed E-state index contributed by atoms with van der Waals surface area (Å²) < 4.78 is 7.52. The number of ether oxygens (including phenoxy) is 1. The van der Waals surface area contributed by atoms with Crippen molar-refractivity contribution < 1.29 is 9.53 Å². The Morgan fingerprint density at radius 2 is 2.11 bits per heavy atom. The zero-order valence-corrected chi connectivity index (χ0v) is 17.2. The minimum Gasteiger partial charge on any atom is -0.479 e. The largest absolute Gasteiger partial charge is 0.479 e. The quantitative estimate of drug-likeness (QED) is 0.418. The van der Waals surface area contributed by atoms with E-state index < -0.39 is 0 Å². The monoisotopic (exact) mass is 494 g/mol. The predicted molar refractivity (Wildman–Crippen MR) is 113 cm³/mol. The fourth-order valence-corrected chi connectivity index (χ4v) is 3.56. The minimum atomic E-state index is -0.297. The standard InChI is InChI=1S/C18H19IN6O3/c19-11-28-14-8-12(17(26)24-5-2-1-3-6-24)10-20-16(14)21-13-4-7-25-15(9-13)22-23-18(25)27/h4,7-10H,1-3,5-6,11H2,(H,20,21)(H,23,27). The van der Waals surface area contributed by atoms with E-state index in [0.717, 1.165) is 25.9 Å². The number of halogens is 1. The first kappa shape index (κ1) is 18.7. The van der Waals surface area contributed by atoms with Crippen LogP contribution in [0.3, 0.4) is 0 Å². The van der Waals surface area contributed by atoms with Crippen molar-refractivity contribution in [2.75, 3.05) is 23.0 Å². The number of hydrogen-bond donors (Lipinski definition) is 2. The van der Waals surface area contributed by atoms with E-state index in [-0.39, 0.29) is 11.6 Å². The maximum atomic E-state index is 12.7. The summed E-state index contributed by atoms with van der Waals surface area (Å²) in [4.78, 5) is 30.6. The number of aromatic nitrogens is 4. The lowest BCUT2D eigenvalue weighted by molar-refractivity contribution is 0.0723. The fraction of sp³-hybridized carbons (Fsp3) is 0.333. The van der Waals surface area contributed by atoms with Gasteiger partial charge in [0.1, 0.15) is 4.61 Å². The van der Waals surface area contributed by atoms with Gasteiger partial charge in [0, 0.05) is 37.2 Å². The predicted octanol–water partition coefficient (Wildman–Crippen LogP) is 2.56. The van der Waals surface area contributed by atoms with Gasteiger partial charge in [0.05, 0.1) is 5.56 Å². The number of likely N-dealkylation sites (tertiary alicyclic amines) is 1. The SMILES string of the molecule is O=C(c1cnc(Nc2ccn3c(=O)[nH]nc3c2)c(OCI)c1)N1CCCCC1. The number of nitrogens with one attached hydrogen (secondary N) is 2. The van der Waals surface area contributed by atoms with Crippen molar-refractivity contribution in [3.05, 3.63) is 46.6 Å². The third-order valence-electron chi connectivity index (χ3n) is 4.64. The molecule has 1 saturated heterocycles. The molecule has 0 spiro atoms. The molecule has 0 saturated carbocycles. The highest BCUT2D eigenvalue weighted by atomic mass is 127. The summed E-state index contributed by atoms with van der Waals surface area (Å²) >= 11 is 2.10. The second-order valence-corrected chi connectivity index (χ2v) is 7.10. The molecule has 0 aliphatic carbocycles. The molecule has 3 aromatic rings. The van der Waals surface area contributed by atoms with Crippen LogP contribution in [0.25, 0.3) is 5.65 Å². The van der Waals surface area contributed by atoms with Crippen LogP contribution in [-0.2, 0) is 0 Å². The molecule has 1 aliphatic heterocycles. The molecule has 28 heavy (non-hydrogen) atoms.